The Labute approximate surface area is 197 Å². The fourth-order valence-electron chi connectivity index (χ4n) is 3.54. The second-order valence-electron chi connectivity index (χ2n) is 7.84. The molecule has 2 N–H and O–H groups in total. The predicted octanol–water partition coefficient (Wildman–Crippen LogP) is 4.61. The summed E-state index contributed by atoms with van der Waals surface area (Å²) < 4.78 is 25.0. The standard InChI is InChI=1S/C24H22ClN3O4S/c1-15-6-7-19(14-22(15)27-23(29)17-4-3-5-18(25)13-17)26-24(30)21-9-8-20(12-16(21)2)28-10-11-33(28,31)32/h3-9,12-14H,10-11H2,1-2H3,(H,26,30)(H,27,29). The molecule has 2 amide bonds. The minimum atomic E-state index is -3.22. The molecule has 33 heavy (non-hydrogen) atoms. The van der Waals surface area contributed by atoms with E-state index in [4.69, 9.17) is 11.6 Å². The molecule has 9 heteroatoms. The van der Waals surface area contributed by atoms with Crippen molar-refractivity contribution in [1.82, 2.24) is 0 Å². The Hall–Kier alpha value is -3.36. The highest BCUT2D eigenvalue weighted by atomic mass is 35.5. The number of sulfonamides is 1. The molecule has 0 aromatic heterocycles. The van der Waals surface area contributed by atoms with Crippen LogP contribution in [0.2, 0.25) is 5.02 Å². The van der Waals surface area contributed by atoms with E-state index in [9.17, 15) is 18.0 Å². The van der Waals surface area contributed by atoms with Gasteiger partial charge in [-0.3, -0.25) is 13.9 Å². The lowest BCUT2D eigenvalue weighted by Gasteiger charge is -2.32. The van der Waals surface area contributed by atoms with Crippen molar-refractivity contribution in [3.05, 3.63) is 87.9 Å². The summed E-state index contributed by atoms with van der Waals surface area (Å²) in [6.07, 6.45) is 0. The maximum Gasteiger partial charge on any atom is 0.255 e. The van der Waals surface area contributed by atoms with Gasteiger partial charge in [-0.1, -0.05) is 23.7 Å². The normalized spacial score (nSPS) is 14.3. The first-order valence-corrected chi connectivity index (χ1v) is 12.2. The van der Waals surface area contributed by atoms with Gasteiger partial charge in [0.25, 0.3) is 11.8 Å². The lowest BCUT2D eigenvalue weighted by molar-refractivity contribution is 0.101. The number of halogens is 1. The molecule has 3 aromatic carbocycles. The third kappa shape index (κ3) is 4.86. The van der Waals surface area contributed by atoms with Gasteiger partial charge in [-0.25, -0.2) is 8.42 Å². The summed E-state index contributed by atoms with van der Waals surface area (Å²) in [6.45, 7) is 4.06. The van der Waals surface area contributed by atoms with Crippen molar-refractivity contribution >= 4 is 50.5 Å². The minimum Gasteiger partial charge on any atom is -0.322 e. The highest BCUT2D eigenvalue weighted by Crippen LogP contribution is 2.27. The number of aryl methyl sites for hydroxylation is 2. The molecule has 0 saturated carbocycles. The highest BCUT2D eigenvalue weighted by molar-refractivity contribution is 7.94. The number of benzene rings is 3. The van der Waals surface area contributed by atoms with E-state index in [0.717, 1.165) is 5.56 Å². The zero-order chi connectivity index (χ0) is 23.8. The molecule has 1 fully saturated rings. The first-order valence-electron chi connectivity index (χ1n) is 10.2. The van der Waals surface area contributed by atoms with Gasteiger partial charge in [0.05, 0.1) is 11.4 Å². The molecule has 1 heterocycles. The first kappa shape index (κ1) is 22.8. The lowest BCUT2D eigenvalue weighted by atomic mass is 10.1. The number of nitrogens with one attached hydrogen (secondary N) is 2. The number of hydrogen-bond acceptors (Lipinski definition) is 4. The van der Waals surface area contributed by atoms with Crippen molar-refractivity contribution in [2.24, 2.45) is 0 Å². The van der Waals surface area contributed by atoms with Gasteiger partial charge in [-0.15, -0.1) is 0 Å². The molecule has 4 rings (SSSR count). The van der Waals surface area contributed by atoms with Crippen LogP contribution in [-0.2, 0) is 10.0 Å². The van der Waals surface area contributed by atoms with Crippen molar-refractivity contribution in [3.8, 4) is 0 Å². The van der Waals surface area contributed by atoms with Crippen LogP contribution in [0.4, 0.5) is 17.1 Å². The quantitative estimate of drug-likeness (QED) is 0.554. The molecule has 7 nitrogen and oxygen atoms in total. The van der Waals surface area contributed by atoms with Gasteiger partial charge in [0.1, 0.15) is 0 Å². The number of rotatable bonds is 5. The summed E-state index contributed by atoms with van der Waals surface area (Å²) in [4.78, 5) is 25.4. The van der Waals surface area contributed by atoms with Crippen molar-refractivity contribution in [1.29, 1.82) is 0 Å². The molecular weight excluding hydrogens is 462 g/mol. The molecule has 0 atom stereocenters. The summed E-state index contributed by atoms with van der Waals surface area (Å²) in [5.74, 6) is -0.504. The molecule has 3 aromatic rings. The van der Waals surface area contributed by atoms with Crippen LogP contribution in [0.25, 0.3) is 0 Å². The van der Waals surface area contributed by atoms with Gasteiger partial charge in [-0.2, -0.15) is 0 Å². The van der Waals surface area contributed by atoms with Gasteiger partial charge in [0.15, 0.2) is 0 Å². The van der Waals surface area contributed by atoms with Crippen LogP contribution in [0.3, 0.4) is 0 Å². The molecule has 0 unspecified atom stereocenters. The Balaban J connectivity index is 1.50. The largest absolute Gasteiger partial charge is 0.322 e. The smallest absolute Gasteiger partial charge is 0.255 e. The van der Waals surface area contributed by atoms with Crippen molar-refractivity contribution in [2.45, 2.75) is 13.8 Å². The van der Waals surface area contributed by atoms with Crippen molar-refractivity contribution < 1.29 is 18.0 Å². The van der Waals surface area contributed by atoms with Crippen LogP contribution in [0.1, 0.15) is 31.8 Å². The average Bonchev–Trinajstić information content (AvgIpc) is 2.75. The highest BCUT2D eigenvalue weighted by Gasteiger charge is 2.32. The molecule has 0 bridgehead atoms. The average molecular weight is 484 g/mol. The van der Waals surface area contributed by atoms with Crippen LogP contribution >= 0.6 is 11.6 Å². The SMILES string of the molecule is Cc1ccc(NC(=O)c2ccc(N3CCS3(=O)=O)cc2C)cc1NC(=O)c1cccc(Cl)c1. The van der Waals surface area contributed by atoms with Crippen molar-refractivity contribution in [3.63, 3.8) is 0 Å². The summed E-state index contributed by atoms with van der Waals surface area (Å²) in [6, 6.07) is 16.8. The molecule has 0 spiro atoms. The maximum atomic E-state index is 12.9. The molecular formula is C24H22ClN3O4S. The summed E-state index contributed by atoms with van der Waals surface area (Å²) in [5, 5.41) is 6.15. The Kier molecular flexibility index (Phi) is 6.14. The summed E-state index contributed by atoms with van der Waals surface area (Å²) in [7, 11) is -3.22. The first-order chi connectivity index (χ1) is 15.6. The zero-order valence-electron chi connectivity index (χ0n) is 18.1. The maximum absolute atomic E-state index is 12.9. The van der Waals surface area contributed by atoms with Crippen LogP contribution in [0.15, 0.2) is 60.7 Å². The molecule has 0 aliphatic carbocycles. The third-order valence-electron chi connectivity index (χ3n) is 5.46. The molecule has 0 radical (unpaired) electrons. The van der Waals surface area contributed by atoms with Gasteiger partial charge >= 0.3 is 0 Å². The summed E-state index contributed by atoms with van der Waals surface area (Å²) >= 11 is 5.97. The third-order valence-corrected chi connectivity index (χ3v) is 7.46. The fourth-order valence-corrected chi connectivity index (χ4v) is 4.82. The number of amides is 2. The fraction of sp³-hybridized carbons (Fsp3) is 0.167. The lowest BCUT2D eigenvalue weighted by Crippen LogP contribution is -2.47. The van der Waals surface area contributed by atoms with E-state index in [2.05, 4.69) is 10.6 Å². The van der Waals surface area contributed by atoms with Crippen LogP contribution < -0.4 is 14.9 Å². The number of hydrogen-bond donors (Lipinski definition) is 2. The molecule has 170 valence electrons. The van der Waals surface area contributed by atoms with Crippen LogP contribution in [0, 0.1) is 13.8 Å². The van der Waals surface area contributed by atoms with Gasteiger partial charge in [0, 0.05) is 34.1 Å². The molecule has 1 aliphatic rings. The topological polar surface area (TPSA) is 95.6 Å². The number of carbonyl (C=O) groups is 2. The Morgan fingerprint density at radius 1 is 0.909 bits per heavy atom. The second-order valence-corrected chi connectivity index (χ2v) is 10.3. The van der Waals surface area contributed by atoms with Crippen LogP contribution in [-0.4, -0.2) is 32.5 Å². The number of anilines is 3. The van der Waals surface area contributed by atoms with E-state index < -0.39 is 10.0 Å². The van der Waals surface area contributed by atoms with Gasteiger partial charge in [-0.05, 0) is 73.5 Å². The van der Waals surface area contributed by atoms with E-state index in [-0.39, 0.29) is 17.6 Å². The number of carbonyl (C=O) groups excluding carboxylic acids is 2. The molecule has 1 saturated heterocycles. The van der Waals surface area contributed by atoms with Gasteiger partial charge < -0.3 is 10.6 Å². The van der Waals surface area contributed by atoms with E-state index in [1.807, 2.05) is 6.92 Å². The predicted molar refractivity (Wildman–Crippen MR) is 131 cm³/mol. The summed E-state index contributed by atoms with van der Waals surface area (Å²) in [5.41, 5.74) is 3.98. The van der Waals surface area contributed by atoms with Crippen LogP contribution in [0.5, 0.6) is 0 Å². The van der Waals surface area contributed by atoms with Gasteiger partial charge in [0.2, 0.25) is 10.0 Å². The number of nitrogens with zero attached hydrogens (tertiary/aromatic N) is 1. The Morgan fingerprint density at radius 2 is 1.70 bits per heavy atom. The van der Waals surface area contributed by atoms with E-state index in [1.165, 1.54) is 4.31 Å². The van der Waals surface area contributed by atoms with E-state index >= 15 is 0 Å². The second kappa shape index (κ2) is 8.88. The van der Waals surface area contributed by atoms with Crippen molar-refractivity contribution in [2.75, 3.05) is 27.2 Å². The Bertz CT molecular complexity index is 1370. The zero-order valence-corrected chi connectivity index (χ0v) is 19.6. The van der Waals surface area contributed by atoms with E-state index in [1.54, 1.807) is 67.6 Å². The monoisotopic (exact) mass is 483 g/mol. The Morgan fingerprint density at radius 3 is 2.33 bits per heavy atom. The molecule has 1 aliphatic heterocycles. The van der Waals surface area contributed by atoms with E-state index in [0.29, 0.717) is 45.3 Å². The minimum absolute atomic E-state index is 0.137.